The molecule has 0 saturated carbocycles. The summed E-state index contributed by atoms with van der Waals surface area (Å²) in [6.45, 7) is 4.58. The number of aliphatic hydroxyl groups is 1. The first-order valence-corrected chi connectivity index (χ1v) is 10.5. The fourth-order valence-corrected chi connectivity index (χ4v) is 4.46. The maximum absolute atomic E-state index is 12.7. The van der Waals surface area contributed by atoms with Crippen LogP contribution >= 0.6 is 11.3 Å². The number of nitrogens with one attached hydrogen (secondary N) is 2. The molecule has 1 aliphatic heterocycles. The van der Waals surface area contributed by atoms with E-state index in [9.17, 15) is 9.90 Å². The number of rotatable bonds is 6. The Labute approximate surface area is 173 Å². The van der Waals surface area contributed by atoms with Crippen LogP contribution in [0.2, 0.25) is 0 Å². The predicted octanol–water partition coefficient (Wildman–Crippen LogP) is 3.27. The van der Waals surface area contributed by atoms with E-state index in [1.807, 2.05) is 24.4 Å². The average Bonchev–Trinajstić information content (AvgIpc) is 3.35. The molecule has 0 bridgehead atoms. The number of H-pyrrole nitrogens is 1. The van der Waals surface area contributed by atoms with E-state index in [1.54, 1.807) is 6.20 Å². The van der Waals surface area contributed by atoms with E-state index in [0.717, 1.165) is 39.4 Å². The molecule has 0 spiro atoms. The largest absolute Gasteiger partial charge is 0.492 e. The van der Waals surface area contributed by atoms with Gasteiger partial charge in [-0.2, -0.15) is 5.10 Å². The lowest BCUT2D eigenvalue weighted by Crippen LogP contribution is -2.38. The fourth-order valence-electron chi connectivity index (χ4n) is 3.50. The summed E-state index contributed by atoms with van der Waals surface area (Å²) in [5.41, 5.74) is 3.68. The molecule has 152 valence electrons. The zero-order valence-electron chi connectivity index (χ0n) is 16.4. The minimum atomic E-state index is -0.264. The third kappa shape index (κ3) is 4.18. The standard InChI is InChI=1S/C21H24N4O3S/c1-12(2)7-15(11-26)24-20(27)21-25-19-16-4-3-13(14-9-22-23-10-14)8-17(16)28-6-5-18(19)29-21/h3-4,8-10,12,15,26H,5-7,11H2,1-2H3,(H,22,23)(H,24,27)/t15-/m0/s1. The van der Waals surface area contributed by atoms with Gasteiger partial charge < -0.3 is 15.2 Å². The molecule has 1 amide bonds. The van der Waals surface area contributed by atoms with Crippen molar-refractivity contribution >= 4 is 17.2 Å². The minimum absolute atomic E-state index is 0.0809. The van der Waals surface area contributed by atoms with E-state index in [-0.39, 0.29) is 18.6 Å². The van der Waals surface area contributed by atoms with Gasteiger partial charge in [0.25, 0.3) is 5.91 Å². The van der Waals surface area contributed by atoms with Crippen molar-refractivity contribution in [3.05, 3.63) is 40.5 Å². The lowest BCUT2D eigenvalue weighted by molar-refractivity contribution is 0.0908. The van der Waals surface area contributed by atoms with Crippen LogP contribution in [0, 0.1) is 5.92 Å². The van der Waals surface area contributed by atoms with Gasteiger partial charge >= 0.3 is 0 Å². The molecule has 29 heavy (non-hydrogen) atoms. The van der Waals surface area contributed by atoms with Gasteiger partial charge in [-0.05, 0) is 30.0 Å². The summed E-state index contributed by atoms with van der Waals surface area (Å²) in [4.78, 5) is 18.4. The van der Waals surface area contributed by atoms with Gasteiger partial charge in [-0.3, -0.25) is 9.89 Å². The third-order valence-electron chi connectivity index (χ3n) is 4.86. The van der Waals surface area contributed by atoms with Crippen molar-refractivity contribution in [3.63, 3.8) is 0 Å². The number of fused-ring (bicyclic) bond motifs is 3. The lowest BCUT2D eigenvalue weighted by Gasteiger charge is -2.17. The Kier molecular flexibility index (Phi) is 5.64. The van der Waals surface area contributed by atoms with Crippen LogP contribution in [0.15, 0.2) is 30.6 Å². The number of carbonyl (C=O) groups is 1. The van der Waals surface area contributed by atoms with Crippen LogP contribution in [-0.4, -0.2) is 45.5 Å². The number of aromatic amines is 1. The molecule has 0 saturated heterocycles. The van der Waals surface area contributed by atoms with Crippen molar-refractivity contribution in [1.29, 1.82) is 0 Å². The zero-order chi connectivity index (χ0) is 20.4. The Morgan fingerprint density at radius 3 is 2.97 bits per heavy atom. The smallest absolute Gasteiger partial charge is 0.280 e. The summed E-state index contributed by atoms with van der Waals surface area (Å²) in [5, 5.41) is 19.7. The number of nitrogens with zero attached hydrogens (tertiary/aromatic N) is 2. The highest BCUT2D eigenvalue weighted by Crippen LogP contribution is 2.39. The number of amides is 1. The monoisotopic (exact) mass is 412 g/mol. The topological polar surface area (TPSA) is 100 Å². The molecule has 1 aromatic carbocycles. The SMILES string of the molecule is CC(C)C[C@@H](CO)NC(=O)c1nc2c(s1)CCOc1cc(-c3cn[nH]c3)ccc1-2. The Hall–Kier alpha value is -2.71. The zero-order valence-corrected chi connectivity index (χ0v) is 17.3. The molecule has 8 heteroatoms. The predicted molar refractivity (Wildman–Crippen MR) is 112 cm³/mol. The second-order valence-electron chi connectivity index (χ2n) is 7.57. The molecule has 4 rings (SSSR count). The molecule has 3 N–H and O–H groups in total. The van der Waals surface area contributed by atoms with Gasteiger partial charge in [-0.1, -0.05) is 19.9 Å². The van der Waals surface area contributed by atoms with Crippen molar-refractivity contribution in [2.75, 3.05) is 13.2 Å². The van der Waals surface area contributed by atoms with Gasteiger partial charge in [0.1, 0.15) is 5.75 Å². The lowest BCUT2D eigenvalue weighted by atomic mass is 10.0. The molecule has 0 fully saturated rings. The molecule has 0 aliphatic carbocycles. The van der Waals surface area contributed by atoms with Gasteiger partial charge in [0.2, 0.25) is 0 Å². The van der Waals surface area contributed by atoms with E-state index in [1.165, 1.54) is 11.3 Å². The first-order valence-electron chi connectivity index (χ1n) is 9.73. The van der Waals surface area contributed by atoms with Crippen molar-refractivity contribution in [2.45, 2.75) is 32.7 Å². The number of hydrogen-bond acceptors (Lipinski definition) is 6. The highest BCUT2D eigenvalue weighted by molar-refractivity contribution is 7.14. The number of aliphatic hydroxyl groups excluding tert-OH is 1. The van der Waals surface area contributed by atoms with E-state index in [0.29, 0.717) is 24.0 Å². The maximum Gasteiger partial charge on any atom is 0.280 e. The van der Waals surface area contributed by atoms with Crippen molar-refractivity contribution < 1.29 is 14.6 Å². The quantitative estimate of drug-likeness (QED) is 0.577. The van der Waals surface area contributed by atoms with Gasteiger partial charge in [0, 0.05) is 28.6 Å². The Bertz CT molecular complexity index is 998. The van der Waals surface area contributed by atoms with Crippen LogP contribution in [0.3, 0.4) is 0 Å². The first-order chi connectivity index (χ1) is 14.0. The number of aromatic nitrogens is 3. The molecule has 2 aromatic heterocycles. The van der Waals surface area contributed by atoms with E-state index in [2.05, 4.69) is 34.3 Å². The molecule has 3 heterocycles. The van der Waals surface area contributed by atoms with E-state index < -0.39 is 0 Å². The van der Waals surface area contributed by atoms with Gasteiger partial charge in [-0.15, -0.1) is 11.3 Å². The fraction of sp³-hybridized carbons (Fsp3) is 0.381. The van der Waals surface area contributed by atoms with Crippen molar-refractivity contribution in [3.8, 4) is 28.1 Å². The van der Waals surface area contributed by atoms with Gasteiger partial charge in [0.15, 0.2) is 5.01 Å². The number of thiazole rings is 1. The van der Waals surface area contributed by atoms with Crippen molar-refractivity contribution in [1.82, 2.24) is 20.5 Å². The summed E-state index contributed by atoms with van der Waals surface area (Å²) in [7, 11) is 0. The molecule has 7 nitrogen and oxygen atoms in total. The maximum atomic E-state index is 12.7. The van der Waals surface area contributed by atoms with Crippen LogP contribution in [0.5, 0.6) is 5.75 Å². The highest BCUT2D eigenvalue weighted by Gasteiger charge is 2.24. The van der Waals surface area contributed by atoms with Crippen LogP contribution in [0.1, 0.15) is 34.9 Å². The molecule has 1 atom stereocenters. The summed E-state index contributed by atoms with van der Waals surface area (Å²) in [6, 6.07) is 5.71. The second-order valence-corrected chi connectivity index (χ2v) is 8.65. The van der Waals surface area contributed by atoms with Crippen LogP contribution in [0.4, 0.5) is 0 Å². The molecule has 0 unspecified atom stereocenters. The molecular formula is C21H24N4O3S. The Balaban J connectivity index is 1.61. The van der Waals surface area contributed by atoms with Crippen molar-refractivity contribution in [2.24, 2.45) is 5.92 Å². The van der Waals surface area contributed by atoms with Gasteiger partial charge in [-0.25, -0.2) is 4.98 Å². The number of hydrogen-bond donors (Lipinski definition) is 3. The molecule has 3 aromatic rings. The molecule has 0 radical (unpaired) electrons. The average molecular weight is 413 g/mol. The van der Waals surface area contributed by atoms with Gasteiger partial charge in [0.05, 0.1) is 31.1 Å². The number of carbonyl (C=O) groups excluding carboxylic acids is 1. The van der Waals surface area contributed by atoms with Crippen LogP contribution in [0.25, 0.3) is 22.4 Å². The minimum Gasteiger partial charge on any atom is -0.492 e. The Morgan fingerprint density at radius 1 is 1.38 bits per heavy atom. The number of benzene rings is 1. The summed E-state index contributed by atoms with van der Waals surface area (Å²) < 4.78 is 5.96. The third-order valence-corrected chi connectivity index (χ3v) is 5.97. The van der Waals surface area contributed by atoms with Crippen LogP contribution in [-0.2, 0) is 6.42 Å². The highest BCUT2D eigenvalue weighted by atomic mass is 32.1. The number of ether oxygens (including phenoxy) is 1. The van der Waals surface area contributed by atoms with Crippen LogP contribution < -0.4 is 10.1 Å². The summed E-state index contributed by atoms with van der Waals surface area (Å²) in [6.07, 6.45) is 5.03. The molecule has 1 aliphatic rings. The summed E-state index contributed by atoms with van der Waals surface area (Å²) >= 11 is 1.39. The first kappa shape index (κ1) is 19.6. The second kappa shape index (κ2) is 8.34. The Morgan fingerprint density at radius 2 is 2.24 bits per heavy atom. The molecular weight excluding hydrogens is 388 g/mol. The summed E-state index contributed by atoms with van der Waals surface area (Å²) in [5.74, 6) is 0.905. The van der Waals surface area contributed by atoms with E-state index in [4.69, 9.17) is 4.74 Å². The van der Waals surface area contributed by atoms with E-state index >= 15 is 0 Å². The normalized spacial score (nSPS) is 13.9.